The van der Waals surface area contributed by atoms with Gasteiger partial charge in [-0.3, -0.25) is 4.79 Å². The Labute approximate surface area is 133 Å². The molecule has 0 spiro atoms. The number of aliphatic hydroxyl groups excluding tert-OH is 1. The lowest BCUT2D eigenvalue weighted by Gasteiger charge is -2.11. The van der Waals surface area contributed by atoms with E-state index in [0.29, 0.717) is 5.39 Å². The van der Waals surface area contributed by atoms with Crippen molar-refractivity contribution in [1.29, 1.82) is 0 Å². The zero-order valence-corrected chi connectivity index (χ0v) is 12.9. The minimum Gasteiger partial charge on any atom is -0.394 e. The number of fused-ring (bicyclic) bond motifs is 1. The first kappa shape index (κ1) is 15.4. The van der Waals surface area contributed by atoms with Gasteiger partial charge in [-0.05, 0) is 13.0 Å². The van der Waals surface area contributed by atoms with Crippen LogP contribution in [0.15, 0.2) is 53.3 Å². The smallest absolute Gasteiger partial charge is 0.276 e. The van der Waals surface area contributed by atoms with E-state index in [9.17, 15) is 4.79 Å². The van der Waals surface area contributed by atoms with Crippen molar-refractivity contribution in [1.82, 2.24) is 9.78 Å². The molecule has 0 aliphatic rings. The fourth-order valence-corrected chi connectivity index (χ4v) is 2.46. The Kier molecular flexibility index (Phi) is 4.50. The van der Waals surface area contributed by atoms with Crippen molar-refractivity contribution in [2.75, 3.05) is 13.2 Å². The fourth-order valence-electron chi connectivity index (χ4n) is 2.46. The average molecular weight is 310 g/mol. The summed E-state index contributed by atoms with van der Waals surface area (Å²) in [6.45, 7) is 2.12. The molecule has 118 valence electrons. The molecule has 0 bridgehead atoms. The van der Waals surface area contributed by atoms with Crippen LogP contribution in [0.4, 0.5) is 0 Å². The minimum atomic E-state index is -0.200. The van der Waals surface area contributed by atoms with E-state index in [1.54, 1.807) is 6.07 Å². The second-order valence-electron chi connectivity index (χ2n) is 5.33. The maximum Gasteiger partial charge on any atom is 0.276 e. The number of nitrogens with zero attached hydrogens (tertiary/aromatic N) is 2. The maximum atomic E-state index is 12.5. The number of ether oxygens (including phenoxy) is 1. The lowest BCUT2D eigenvalue weighted by Crippen LogP contribution is -2.25. The molecule has 5 heteroatoms. The van der Waals surface area contributed by atoms with Crippen LogP contribution in [0, 0.1) is 6.92 Å². The van der Waals surface area contributed by atoms with Gasteiger partial charge in [0.25, 0.3) is 5.56 Å². The summed E-state index contributed by atoms with van der Waals surface area (Å²) in [5.74, 6) is 0. The fraction of sp³-hybridized carbons (Fsp3) is 0.222. The van der Waals surface area contributed by atoms with Gasteiger partial charge in [0.1, 0.15) is 6.73 Å². The van der Waals surface area contributed by atoms with Gasteiger partial charge in [0.05, 0.1) is 24.3 Å². The first-order valence-corrected chi connectivity index (χ1v) is 7.46. The summed E-state index contributed by atoms with van der Waals surface area (Å²) < 4.78 is 6.56. The SMILES string of the molecule is Cc1ccc(-c2nn(COCCO)c(=O)c3ccccc23)cc1. The molecule has 0 atom stereocenters. The van der Waals surface area contributed by atoms with Gasteiger partial charge in [-0.2, -0.15) is 5.10 Å². The Balaban J connectivity index is 2.17. The normalized spacial score (nSPS) is 11.0. The van der Waals surface area contributed by atoms with Crippen molar-refractivity contribution in [3.63, 3.8) is 0 Å². The highest BCUT2D eigenvalue weighted by Crippen LogP contribution is 2.24. The summed E-state index contributed by atoms with van der Waals surface area (Å²) in [7, 11) is 0. The number of hydrogen-bond donors (Lipinski definition) is 1. The summed E-state index contributed by atoms with van der Waals surface area (Å²) in [6, 6.07) is 15.4. The summed E-state index contributed by atoms with van der Waals surface area (Å²) in [5, 5.41) is 14.7. The van der Waals surface area contributed by atoms with E-state index in [1.807, 2.05) is 49.4 Å². The highest BCUT2D eigenvalue weighted by atomic mass is 16.5. The Bertz CT molecular complexity index is 870. The largest absolute Gasteiger partial charge is 0.394 e. The van der Waals surface area contributed by atoms with Gasteiger partial charge in [-0.1, -0.05) is 48.0 Å². The van der Waals surface area contributed by atoms with E-state index in [2.05, 4.69) is 5.10 Å². The maximum absolute atomic E-state index is 12.5. The number of aromatic nitrogens is 2. The molecule has 2 aromatic carbocycles. The van der Waals surface area contributed by atoms with Gasteiger partial charge in [0, 0.05) is 10.9 Å². The van der Waals surface area contributed by atoms with Crippen molar-refractivity contribution in [2.45, 2.75) is 13.7 Å². The molecule has 0 aliphatic carbocycles. The monoisotopic (exact) mass is 310 g/mol. The summed E-state index contributed by atoms with van der Waals surface area (Å²) in [6.07, 6.45) is 0. The second kappa shape index (κ2) is 6.73. The summed E-state index contributed by atoms with van der Waals surface area (Å²) >= 11 is 0. The molecule has 1 aromatic heterocycles. The zero-order chi connectivity index (χ0) is 16.2. The third-order valence-corrected chi connectivity index (χ3v) is 3.64. The Morgan fingerprint density at radius 2 is 1.78 bits per heavy atom. The predicted molar refractivity (Wildman–Crippen MR) is 89.2 cm³/mol. The molecule has 0 aliphatic heterocycles. The van der Waals surface area contributed by atoms with Crippen LogP contribution in [-0.4, -0.2) is 28.1 Å². The molecule has 0 unspecified atom stereocenters. The third-order valence-electron chi connectivity index (χ3n) is 3.64. The lowest BCUT2D eigenvalue weighted by molar-refractivity contribution is 0.0398. The molecule has 0 saturated carbocycles. The molecule has 0 radical (unpaired) electrons. The second-order valence-corrected chi connectivity index (χ2v) is 5.33. The number of aliphatic hydroxyl groups is 1. The van der Waals surface area contributed by atoms with Crippen LogP contribution in [0.2, 0.25) is 0 Å². The van der Waals surface area contributed by atoms with Crippen molar-refractivity contribution in [3.05, 3.63) is 64.4 Å². The van der Waals surface area contributed by atoms with Crippen molar-refractivity contribution in [2.24, 2.45) is 0 Å². The topological polar surface area (TPSA) is 64.3 Å². The molecule has 3 aromatic rings. The molecule has 0 amide bonds. The van der Waals surface area contributed by atoms with Gasteiger partial charge in [0.15, 0.2) is 0 Å². The molecular weight excluding hydrogens is 292 g/mol. The Morgan fingerprint density at radius 3 is 2.48 bits per heavy atom. The Morgan fingerprint density at radius 1 is 1.09 bits per heavy atom. The average Bonchev–Trinajstić information content (AvgIpc) is 2.58. The van der Waals surface area contributed by atoms with Gasteiger partial charge >= 0.3 is 0 Å². The van der Waals surface area contributed by atoms with Crippen LogP contribution in [0.25, 0.3) is 22.0 Å². The van der Waals surface area contributed by atoms with Crippen LogP contribution in [0.3, 0.4) is 0 Å². The quantitative estimate of drug-likeness (QED) is 0.735. The van der Waals surface area contributed by atoms with Crippen molar-refractivity contribution < 1.29 is 9.84 Å². The Hall–Kier alpha value is -2.50. The molecule has 1 N–H and O–H groups in total. The van der Waals surface area contributed by atoms with E-state index in [-0.39, 0.29) is 25.5 Å². The summed E-state index contributed by atoms with van der Waals surface area (Å²) in [5.41, 5.74) is 2.66. The predicted octanol–water partition coefficient (Wildman–Crippen LogP) is 2.34. The molecule has 5 nitrogen and oxygen atoms in total. The molecule has 1 heterocycles. The first-order chi connectivity index (χ1) is 11.2. The van der Waals surface area contributed by atoms with E-state index in [4.69, 9.17) is 9.84 Å². The van der Waals surface area contributed by atoms with Gasteiger partial charge < -0.3 is 9.84 Å². The molecular formula is C18H18N2O3. The number of benzene rings is 2. The standard InChI is InChI=1S/C18H18N2O3/c1-13-6-8-14(9-7-13)17-15-4-2-3-5-16(15)18(22)20(19-17)12-23-11-10-21/h2-9,21H,10-12H2,1H3. The zero-order valence-electron chi connectivity index (χ0n) is 12.9. The first-order valence-electron chi connectivity index (χ1n) is 7.46. The van der Waals surface area contributed by atoms with Crippen LogP contribution in [0.5, 0.6) is 0 Å². The minimum absolute atomic E-state index is 0.0170. The van der Waals surface area contributed by atoms with Gasteiger partial charge in [-0.25, -0.2) is 4.68 Å². The molecule has 23 heavy (non-hydrogen) atoms. The number of aryl methyl sites for hydroxylation is 1. The lowest BCUT2D eigenvalue weighted by atomic mass is 10.0. The number of hydrogen-bond acceptors (Lipinski definition) is 4. The van der Waals surface area contributed by atoms with Crippen LogP contribution >= 0.6 is 0 Å². The van der Waals surface area contributed by atoms with E-state index >= 15 is 0 Å². The molecule has 0 saturated heterocycles. The molecule has 3 rings (SSSR count). The van der Waals surface area contributed by atoms with Crippen LogP contribution in [-0.2, 0) is 11.5 Å². The highest BCUT2D eigenvalue weighted by molar-refractivity contribution is 5.93. The number of rotatable bonds is 5. The van der Waals surface area contributed by atoms with Crippen LogP contribution in [0.1, 0.15) is 5.56 Å². The van der Waals surface area contributed by atoms with E-state index in [1.165, 1.54) is 4.68 Å². The highest BCUT2D eigenvalue weighted by Gasteiger charge is 2.11. The van der Waals surface area contributed by atoms with Gasteiger partial charge in [0.2, 0.25) is 0 Å². The third kappa shape index (κ3) is 3.16. The van der Waals surface area contributed by atoms with E-state index in [0.717, 1.165) is 22.2 Å². The van der Waals surface area contributed by atoms with Crippen molar-refractivity contribution >= 4 is 10.8 Å². The van der Waals surface area contributed by atoms with Crippen molar-refractivity contribution in [3.8, 4) is 11.3 Å². The molecule has 0 fully saturated rings. The van der Waals surface area contributed by atoms with E-state index < -0.39 is 0 Å². The van der Waals surface area contributed by atoms with Crippen LogP contribution < -0.4 is 5.56 Å². The van der Waals surface area contributed by atoms with Gasteiger partial charge in [-0.15, -0.1) is 0 Å². The summed E-state index contributed by atoms with van der Waals surface area (Å²) in [4.78, 5) is 12.5.